The Morgan fingerprint density at radius 1 is 1.32 bits per heavy atom. The van der Waals surface area contributed by atoms with Gasteiger partial charge in [0, 0.05) is 10.3 Å². The highest BCUT2D eigenvalue weighted by molar-refractivity contribution is 8.00. The van der Waals surface area contributed by atoms with Crippen molar-refractivity contribution in [3.8, 4) is 11.3 Å². The van der Waals surface area contributed by atoms with Gasteiger partial charge in [0.2, 0.25) is 0 Å². The molecule has 1 atom stereocenters. The molecule has 1 saturated heterocycles. The highest BCUT2D eigenvalue weighted by Crippen LogP contribution is 2.41. The molecule has 0 bridgehead atoms. The van der Waals surface area contributed by atoms with Crippen LogP contribution in [0.2, 0.25) is 0 Å². The summed E-state index contributed by atoms with van der Waals surface area (Å²) in [6.45, 7) is 4.92. The fourth-order valence-corrected chi connectivity index (χ4v) is 4.39. The smallest absolute Gasteiger partial charge is 0.327 e. The van der Waals surface area contributed by atoms with Crippen LogP contribution in [0.1, 0.15) is 25.2 Å². The minimum atomic E-state index is -1.11. The lowest BCUT2D eigenvalue weighted by Gasteiger charge is -2.30. The normalized spacial score (nSPS) is 19.0. The van der Waals surface area contributed by atoms with Gasteiger partial charge < -0.3 is 19.6 Å². The maximum atomic E-state index is 12.0. The van der Waals surface area contributed by atoms with E-state index in [0.717, 1.165) is 5.56 Å². The molecule has 1 fully saturated rings. The second kappa shape index (κ2) is 7.67. The first-order valence-corrected chi connectivity index (χ1v) is 9.62. The first-order chi connectivity index (χ1) is 13.2. The third-order valence-electron chi connectivity index (χ3n) is 4.55. The Morgan fingerprint density at radius 2 is 2.00 bits per heavy atom. The van der Waals surface area contributed by atoms with Crippen LogP contribution in [-0.2, 0) is 9.59 Å². The van der Waals surface area contributed by atoms with Gasteiger partial charge in [0.1, 0.15) is 29.9 Å². The SMILES string of the molecule is Cc1onc(-c2ccccc2)c1C(=NCC(=O)O)N1CSC(C)(C)[C@H]1C(=O)O. The Morgan fingerprint density at radius 3 is 2.61 bits per heavy atom. The summed E-state index contributed by atoms with van der Waals surface area (Å²) in [5.74, 6) is -1.02. The van der Waals surface area contributed by atoms with E-state index >= 15 is 0 Å². The Balaban J connectivity index is 2.16. The monoisotopic (exact) mass is 403 g/mol. The van der Waals surface area contributed by atoms with Crippen molar-refractivity contribution >= 4 is 29.5 Å². The van der Waals surface area contributed by atoms with E-state index in [2.05, 4.69) is 10.1 Å². The standard InChI is InChI=1S/C19H21N3O5S/c1-11-14(15(21-27-11)12-7-5-4-6-8-12)17(20-9-13(23)24)22-10-28-19(2,3)16(22)18(25)26/h4-8,16H,9-10H2,1-3H3,(H,23,24)(H,25,26)/t16-/m1/s1. The van der Waals surface area contributed by atoms with Crippen LogP contribution in [0.5, 0.6) is 0 Å². The van der Waals surface area contributed by atoms with Crippen LogP contribution in [-0.4, -0.2) is 61.3 Å². The van der Waals surface area contributed by atoms with Gasteiger partial charge in [0.25, 0.3) is 0 Å². The van der Waals surface area contributed by atoms with Crippen LogP contribution >= 0.6 is 11.8 Å². The summed E-state index contributed by atoms with van der Waals surface area (Å²) in [5.41, 5.74) is 1.79. The lowest BCUT2D eigenvalue weighted by Crippen LogP contribution is -2.49. The van der Waals surface area contributed by atoms with E-state index < -0.39 is 29.3 Å². The van der Waals surface area contributed by atoms with Crippen LogP contribution in [0.25, 0.3) is 11.3 Å². The van der Waals surface area contributed by atoms with E-state index in [1.54, 1.807) is 11.8 Å². The Kier molecular flexibility index (Phi) is 5.46. The van der Waals surface area contributed by atoms with Crippen LogP contribution in [0, 0.1) is 6.92 Å². The van der Waals surface area contributed by atoms with E-state index in [9.17, 15) is 14.7 Å². The summed E-state index contributed by atoms with van der Waals surface area (Å²) in [6, 6.07) is 8.41. The van der Waals surface area contributed by atoms with Crippen molar-refractivity contribution in [3.05, 3.63) is 41.7 Å². The van der Waals surface area contributed by atoms with Gasteiger partial charge in [0.15, 0.2) is 0 Å². The number of benzene rings is 1. The molecule has 1 aromatic carbocycles. The van der Waals surface area contributed by atoms with Gasteiger partial charge in [-0.3, -0.25) is 9.79 Å². The van der Waals surface area contributed by atoms with E-state index in [0.29, 0.717) is 22.9 Å². The number of aliphatic imine (C=N–C) groups is 1. The van der Waals surface area contributed by atoms with Crippen molar-refractivity contribution in [2.45, 2.75) is 31.6 Å². The quantitative estimate of drug-likeness (QED) is 0.578. The third kappa shape index (κ3) is 3.75. The van der Waals surface area contributed by atoms with Gasteiger partial charge in [-0.05, 0) is 20.8 Å². The van der Waals surface area contributed by atoms with Crippen molar-refractivity contribution in [2.75, 3.05) is 12.4 Å². The average Bonchev–Trinajstić information content (AvgIpc) is 3.16. The maximum Gasteiger partial charge on any atom is 0.327 e. The van der Waals surface area contributed by atoms with Gasteiger partial charge in [-0.25, -0.2) is 4.79 Å². The molecule has 1 aromatic heterocycles. The lowest BCUT2D eigenvalue weighted by atomic mass is 9.99. The highest BCUT2D eigenvalue weighted by atomic mass is 32.2. The lowest BCUT2D eigenvalue weighted by molar-refractivity contribution is -0.142. The van der Waals surface area contributed by atoms with Crippen molar-refractivity contribution in [1.29, 1.82) is 0 Å². The third-order valence-corrected chi connectivity index (χ3v) is 5.92. The van der Waals surface area contributed by atoms with Crippen molar-refractivity contribution in [1.82, 2.24) is 10.1 Å². The minimum absolute atomic E-state index is 0.269. The molecular weight excluding hydrogens is 382 g/mol. The van der Waals surface area contributed by atoms with Crippen LogP contribution < -0.4 is 0 Å². The van der Waals surface area contributed by atoms with Crippen LogP contribution in [0.3, 0.4) is 0 Å². The molecule has 3 rings (SSSR count). The second-order valence-corrected chi connectivity index (χ2v) is 8.55. The number of hydrogen-bond acceptors (Lipinski definition) is 6. The van der Waals surface area contributed by atoms with E-state index in [1.165, 1.54) is 11.8 Å². The Hall–Kier alpha value is -2.81. The number of hydrogen-bond donors (Lipinski definition) is 2. The number of aromatic nitrogens is 1. The van der Waals surface area contributed by atoms with E-state index in [1.807, 2.05) is 44.2 Å². The Bertz CT molecular complexity index is 923. The summed E-state index contributed by atoms with van der Waals surface area (Å²) < 4.78 is 4.81. The topological polar surface area (TPSA) is 116 Å². The zero-order chi connectivity index (χ0) is 20.5. The van der Waals surface area contributed by atoms with Crippen molar-refractivity contribution in [2.24, 2.45) is 4.99 Å². The largest absolute Gasteiger partial charge is 0.480 e. The van der Waals surface area contributed by atoms with Gasteiger partial charge in [0.05, 0.1) is 11.4 Å². The molecule has 0 aliphatic carbocycles. The molecule has 2 aromatic rings. The molecule has 0 amide bonds. The number of amidine groups is 1. The minimum Gasteiger partial charge on any atom is -0.480 e. The number of rotatable bonds is 5. The van der Waals surface area contributed by atoms with E-state index in [-0.39, 0.29) is 5.84 Å². The average molecular weight is 403 g/mol. The maximum absolute atomic E-state index is 12.0. The number of carboxylic acids is 2. The fraction of sp³-hybridized carbons (Fsp3) is 0.368. The van der Waals surface area contributed by atoms with Gasteiger partial charge >= 0.3 is 11.9 Å². The zero-order valence-corrected chi connectivity index (χ0v) is 16.6. The molecule has 148 valence electrons. The van der Waals surface area contributed by atoms with Crippen molar-refractivity contribution < 1.29 is 24.3 Å². The summed E-state index contributed by atoms with van der Waals surface area (Å²) in [4.78, 5) is 29.1. The molecule has 9 heteroatoms. The number of thioether (sulfide) groups is 1. The molecule has 0 unspecified atom stereocenters. The molecule has 0 radical (unpaired) electrons. The second-order valence-electron chi connectivity index (χ2n) is 6.95. The molecule has 28 heavy (non-hydrogen) atoms. The Labute approximate surface area is 166 Å². The van der Waals surface area contributed by atoms with Gasteiger partial charge in [-0.15, -0.1) is 11.8 Å². The number of carbonyl (C=O) groups is 2. The van der Waals surface area contributed by atoms with E-state index in [4.69, 9.17) is 9.63 Å². The first-order valence-electron chi connectivity index (χ1n) is 8.64. The zero-order valence-electron chi connectivity index (χ0n) is 15.7. The molecule has 1 aliphatic heterocycles. The molecular formula is C19H21N3O5S. The number of nitrogens with zero attached hydrogens (tertiary/aromatic N) is 3. The molecule has 0 spiro atoms. The molecule has 2 N–H and O–H groups in total. The predicted octanol–water partition coefficient (Wildman–Crippen LogP) is 2.72. The highest BCUT2D eigenvalue weighted by Gasteiger charge is 2.48. The molecule has 8 nitrogen and oxygen atoms in total. The van der Waals surface area contributed by atoms with Crippen LogP contribution in [0.4, 0.5) is 0 Å². The summed E-state index contributed by atoms with van der Waals surface area (Å²) in [5, 5.41) is 23.1. The van der Waals surface area contributed by atoms with Crippen LogP contribution in [0.15, 0.2) is 39.8 Å². The van der Waals surface area contributed by atoms with Crippen molar-refractivity contribution in [3.63, 3.8) is 0 Å². The number of aliphatic carboxylic acids is 2. The predicted molar refractivity (Wildman–Crippen MR) is 106 cm³/mol. The number of aryl methyl sites for hydroxylation is 1. The molecule has 1 aliphatic rings. The fourth-order valence-electron chi connectivity index (χ4n) is 3.26. The van der Waals surface area contributed by atoms with Gasteiger partial charge in [-0.1, -0.05) is 35.5 Å². The molecule has 2 heterocycles. The number of carboxylic acid groups (broad SMARTS) is 2. The summed E-state index contributed by atoms with van der Waals surface area (Å²) in [6.07, 6.45) is 0. The summed E-state index contributed by atoms with van der Waals surface area (Å²) >= 11 is 1.48. The first kappa shape index (κ1) is 19.9. The summed E-state index contributed by atoms with van der Waals surface area (Å²) in [7, 11) is 0. The molecule has 0 saturated carbocycles. The van der Waals surface area contributed by atoms with Gasteiger partial charge in [-0.2, -0.15) is 0 Å².